The van der Waals surface area contributed by atoms with Crippen LogP contribution >= 0.6 is 27.3 Å². The van der Waals surface area contributed by atoms with Crippen molar-refractivity contribution in [2.24, 2.45) is 0 Å². The van der Waals surface area contributed by atoms with E-state index in [0.717, 1.165) is 30.1 Å². The van der Waals surface area contributed by atoms with E-state index in [9.17, 15) is 4.79 Å². The van der Waals surface area contributed by atoms with Crippen LogP contribution in [0.2, 0.25) is 0 Å². The van der Waals surface area contributed by atoms with E-state index >= 15 is 0 Å². The second-order valence-electron chi connectivity index (χ2n) is 3.60. The minimum atomic E-state index is 0.0155. The first-order chi connectivity index (χ1) is 7.20. The Morgan fingerprint density at radius 2 is 2.53 bits per heavy atom. The molecule has 15 heavy (non-hydrogen) atoms. The Labute approximate surface area is 102 Å². The molecule has 1 atom stereocenters. The van der Waals surface area contributed by atoms with Gasteiger partial charge >= 0.3 is 0 Å². The molecule has 5 heteroatoms. The molecule has 0 bridgehead atoms. The summed E-state index contributed by atoms with van der Waals surface area (Å²) in [6, 6.07) is 0. The van der Waals surface area contributed by atoms with Crippen LogP contribution in [0.4, 0.5) is 0 Å². The lowest BCUT2D eigenvalue weighted by Gasteiger charge is -2.13. The molecular weight excluding hydrogens is 276 g/mol. The molecule has 0 saturated carbocycles. The summed E-state index contributed by atoms with van der Waals surface area (Å²) in [6.45, 7) is 3.60. The Morgan fingerprint density at radius 1 is 1.73 bits per heavy atom. The molecule has 1 amide bonds. The van der Waals surface area contributed by atoms with Crippen LogP contribution in [0, 0.1) is 0 Å². The van der Waals surface area contributed by atoms with Gasteiger partial charge in [0.25, 0.3) is 0 Å². The monoisotopic (exact) mass is 288 g/mol. The lowest BCUT2D eigenvalue weighted by atomic mass is 10.4. The fourth-order valence-electron chi connectivity index (χ4n) is 1.64. The highest BCUT2D eigenvalue weighted by molar-refractivity contribution is 9.10. The number of hydrogen-bond donors (Lipinski definition) is 0. The Balaban J connectivity index is 2.00. The number of aromatic nitrogens is 1. The summed E-state index contributed by atoms with van der Waals surface area (Å²) in [4.78, 5) is 18.0. The van der Waals surface area contributed by atoms with Gasteiger partial charge in [-0.1, -0.05) is 22.9 Å². The van der Waals surface area contributed by atoms with Crippen molar-refractivity contribution in [1.82, 2.24) is 9.88 Å². The van der Waals surface area contributed by atoms with Crippen molar-refractivity contribution in [3.8, 4) is 0 Å². The minimum Gasteiger partial charge on any atom is -0.336 e. The summed E-state index contributed by atoms with van der Waals surface area (Å²) in [5.74, 6) is 0.195. The summed E-state index contributed by atoms with van der Waals surface area (Å²) in [5, 5.41) is 3.19. The van der Waals surface area contributed by atoms with Crippen LogP contribution in [-0.2, 0) is 17.8 Å². The Morgan fingerprint density at radius 3 is 3.07 bits per heavy atom. The summed E-state index contributed by atoms with van der Waals surface area (Å²) in [6.07, 6.45) is 1.88. The normalized spacial score (nSPS) is 21.3. The molecule has 3 nitrogen and oxygen atoms in total. The van der Waals surface area contributed by atoms with Crippen LogP contribution in [0.3, 0.4) is 0 Å². The van der Waals surface area contributed by atoms with Crippen molar-refractivity contribution in [2.75, 3.05) is 6.54 Å². The van der Waals surface area contributed by atoms with Crippen molar-refractivity contribution in [1.29, 1.82) is 0 Å². The van der Waals surface area contributed by atoms with E-state index in [-0.39, 0.29) is 10.7 Å². The van der Waals surface area contributed by atoms with Gasteiger partial charge in [-0.25, -0.2) is 4.98 Å². The van der Waals surface area contributed by atoms with Crippen LogP contribution in [0.15, 0.2) is 5.38 Å². The van der Waals surface area contributed by atoms with Crippen molar-refractivity contribution < 1.29 is 4.79 Å². The van der Waals surface area contributed by atoms with Gasteiger partial charge in [0.2, 0.25) is 5.91 Å². The summed E-state index contributed by atoms with van der Waals surface area (Å²) in [7, 11) is 0. The standard InChI is InChI=1S/C10H13BrN2OS/c1-2-9-12-7(6-15-9)5-13-4-3-8(11)10(13)14/h6,8H,2-5H2,1H3. The SMILES string of the molecule is CCc1nc(CN2CCC(Br)C2=O)cs1. The van der Waals surface area contributed by atoms with Crippen LogP contribution in [0.5, 0.6) is 0 Å². The van der Waals surface area contributed by atoms with Gasteiger partial charge in [-0.3, -0.25) is 4.79 Å². The Hall–Kier alpha value is -0.420. The molecule has 0 spiro atoms. The summed E-state index contributed by atoms with van der Waals surface area (Å²) < 4.78 is 0. The number of rotatable bonds is 3. The number of amides is 1. The molecule has 1 fully saturated rings. The van der Waals surface area contributed by atoms with Gasteiger partial charge in [-0.05, 0) is 12.8 Å². The second kappa shape index (κ2) is 4.61. The quantitative estimate of drug-likeness (QED) is 0.799. The predicted octanol–water partition coefficient (Wildman–Crippen LogP) is 2.20. The van der Waals surface area contributed by atoms with E-state index in [0.29, 0.717) is 6.54 Å². The molecule has 2 heterocycles. The van der Waals surface area contributed by atoms with Crippen LogP contribution in [0.25, 0.3) is 0 Å². The third-order valence-electron chi connectivity index (χ3n) is 2.49. The highest BCUT2D eigenvalue weighted by Gasteiger charge is 2.29. The Kier molecular flexibility index (Phi) is 3.41. The van der Waals surface area contributed by atoms with Gasteiger partial charge in [0.05, 0.1) is 22.1 Å². The molecule has 2 rings (SSSR count). The number of nitrogens with zero attached hydrogens (tertiary/aromatic N) is 2. The number of aryl methyl sites for hydroxylation is 1. The van der Waals surface area contributed by atoms with E-state index in [4.69, 9.17) is 0 Å². The average molecular weight is 289 g/mol. The molecule has 0 N–H and O–H groups in total. The van der Waals surface area contributed by atoms with Crippen LogP contribution in [0.1, 0.15) is 24.0 Å². The predicted molar refractivity (Wildman–Crippen MR) is 64.2 cm³/mol. The molecule has 82 valence electrons. The number of carbonyl (C=O) groups excluding carboxylic acids is 1. The Bertz CT molecular complexity index is 366. The van der Waals surface area contributed by atoms with E-state index < -0.39 is 0 Å². The van der Waals surface area contributed by atoms with Crippen molar-refractivity contribution in [3.63, 3.8) is 0 Å². The number of hydrogen-bond acceptors (Lipinski definition) is 3. The van der Waals surface area contributed by atoms with Gasteiger partial charge in [-0.2, -0.15) is 0 Å². The highest BCUT2D eigenvalue weighted by Crippen LogP contribution is 2.21. The second-order valence-corrected chi connectivity index (χ2v) is 5.65. The fraction of sp³-hybridized carbons (Fsp3) is 0.600. The van der Waals surface area contributed by atoms with Crippen LogP contribution < -0.4 is 0 Å². The number of carbonyl (C=O) groups is 1. The van der Waals surface area contributed by atoms with E-state index in [1.54, 1.807) is 11.3 Å². The number of halogens is 1. The van der Waals surface area contributed by atoms with Crippen molar-refractivity contribution in [2.45, 2.75) is 31.1 Å². The van der Waals surface area contributed by atoms with E-state index in [2.05, 4.69) is 27.8 Å². The minimum absolute atomic E-state index is 0.0155. The number of likely N-dealkylation sites (tertiary alicyclic amines) is 1. The summed E-state index contributed by atoms with van der Waals surface area (Å²) >= 11 is 5.04. The van der Waals surface area contributed by atoms with Crippen LogP contribution in [-0.4, -0.2) is 27.2 Å². The largest absolute Gasteiger partial charge is 0.336 e. The molecule has 1 aromatic heterocycles. The maximum Gasteiger partial charge on any atom is 0.236 e. The molecule has 1 saturated heterocycles. The lowest BCUT2D eigenvalue weighted by molar-refractivity contribution is -0.127. The average Bonchev–Trinajstić information content (AvgIpc) is 2.80. The van der Waals surface area contributed by atoms with Gasteiger partial charge in [0.1, 0.15) is 0 Å². The smallest absolute Gasteiger partial charge is 0.236 e. The highest BCUT2D eigenvalue weighted by atomic mass is 79.9. The van der Waals surface area contributed by atoms with Gasteiger partial charge in [-0.15, -0.1) is 11.3 Å². The number of thiazole rings is 1. The van der Waals surface area contributed by atoms with E-state index in [1.165, 1.54) is 0 Å². The molecule has 1 aromatic rings. The third-order valence-corrected chi connectivity index (χ3v) is 4.38. The zero-order chi connectivity index (χ0) is 10.8. The molecular formula is C10H13BrN2OS. The van der Waals surface area contributed by atoms with E-state index in [1.807, 2.05) is 10.3 Å². The summed E-state index contributed by atoms with van der Waals surface area (Å²) in [5.41, 5.74) is 1.02. The lowest BCUT2D eigenvalue weighted by Crippen LogP contribution is -2.27. The van der Waals surface area contributed by atoms with Gasteiger partial charge < -0.3 is 4.90 Å². The molecule has 1 unspecified atom stereocenters. The molecule has 0 radical (unpaired) electrons. The maximum absolute atomic E-state index is 11.6. The maximum atomic E-state index is 11.6. The molecule has 1 aliphatic rings. The molecule has 1 aliphatic heterocycles. The van der Waals surface area contributed by atoms with Gasteiger partial charge in [0.15, 0.2) is 0 Å². The molecule has 0 aliphatic carbocycles. The zero-order valence-corrected chi connectivity index (χ0v) is 11.0. The number of alkyl halides is 1. The van der Waals surface area contributed by atoms with Gasteiger partial charge in [0, 0.05) is 11.9 Å². The zero-order valence-electron chi connectivity index (χ0n) is 8.57. The first-order valence-corrected chi connectivity index (χ1v) is 6.86. The first-order valence-electron chi connectivity index (χ1n) is 5.07. The van der Waals surface area contributed by atoms with Crippen molar-refractivity contribution in [3.05, 3.63) is 16.1 Å². The topological polar surface area (TPSA) is 33.2 Å². The fourth-order valence-corrected chi connectivity index (χ4v) is 2.87. The third kappa shape index (κ3) is 2.39. The first kappa shape index (κ1) is 11.1. The van der Waals surface area contributed by atoms with Crippen molar-refractivity contribution >= 4 is 33.2 Å². The molecule has 0 aromatic carbocycles.